The molecule has 2 rings (SSSR count). The molecule has 1 N–H and O–H groups in total. The van der Waals surface area contributed by atoms with Gasteiger partial charge < -0.3 is 9.84 Å². The quantitative estimate of drug-likeness (QED) is 0.870. The molecule has 4 nitrogen and oxygen atoms in total. The van der Waals surface area contributed by atoms with Crippen LogP contribution in [0.25, 0.3) is 0 Å². The number of hydrogen-bond donors (Lipinski definition) is 1. The Bertz CT molecular complexity index is 734. The second-order valence-corrected chi connectivity index (χ2v) is 5.12. The normalized spacial score (nSPS) is 12.7. The molecule has 0 amide bonds. The Hall–Kier alpha value is -2.28. The lowest BCUT2D eigenvalue weighted by molar-refractivity contribution is -0.139. The van der Waals surface area contributed by atoms with Crippen molar-refractivity contribution in [1.29, 1.82) is 0 Å². The van der Waals surface area contributed by atoms with Crippen molar-refractivity contribution >= 4 is 17.6 Å². The van der Waals surface area contributed by atoms with Gasteiger partial charge in [-0.2, -0.15) is 13.2 Å². The van der Waals surface area contributed by atoms with Crippen molar-refractivity contribution in [2.24, 2.45) is 0 Å². The summed E-state index contributed by atoms with van der Waals surface area (Å²) in [7, 11) is 0. The maximum Gasteiger partial charge on any atom is 0.417 e. The number of aromatic nitrogens is 1. The summed E-state index contributed by atoms with van der Waals surface area (Å²) in [5.74, 6) is -1.99. The molecule has 2 aromatic rings. The first-order chi connectivity index (χ1) is 10.7. The minimum atomic E-state index is -4.56. The molecule has 0 spiro atoms. The Kier molecular flexibility index (Phi) is 4.79. The summed E-state index contributed by atoms with van der Waals surface area (Å²) in [4.78, 5) is 14.7. The fraction of sp³-hybridized carbons (Fsp3) is 0.200. The van der Waals surface area contributed by atoms with Crippen molar-refractivity contribution in [2.45, 2.75) is 19.0 Å². The van der Waals surface area contributed by atoms with Gasteiger partial charge in [0, 0.05) is 11.8 Å². The van der Waals surface area contributed by atoms with Gasteiger partial charge in [-0.3, -0.25) is 4.79 Å². The van der Waals surface area contributed by atoms with E-state index in [1.165, 1.54) is 13.0 Å². The summed E-state index contributed by atoms with van der Waals surface area (Å²) >= 11 is 5.78. The molecular formula is C15H11ClF3NO3. The van der Waals surface area contributed by atoms with E-state index in [-0.39, 0.29) is 16.7 Å². The molecule has 122 valence electrons. The van der Waals surface area contributed by atoms with E-state index in [2.05, 4.69) is 4.98 Å². The first kappa shape index (κ1) is 17.1. The number of rotatable bonds is 4. The van der Waals surface area contributed by atoms with E-state index in [1.807, 2.05) is 0 Å². The van der Waals surface area contributed by atoms with Gasteiger partial charge in [0.1, 0.15) is 10.8 Å². The van der Waals surface area contributed by atoms with Gasteiger partial charge in [0.05, 0.1) is 11.5 Å². The molecule has 0 saturated carbocycles. The lowest BCUT2D eigenvalue weighted by atomic mass is 10.0. The van der Waals surface area contributed by atoms with Gasteiger partial charge in [0.15, 0.2) is 0 Å². The lowest BCUT2D eigenvalue weighted by Crippen LogP contribution is -2.09. The van der Waals surface area contributed by atoms with Crippen LogP contribution in [0.5, 0.6) is 11.6 Å². The van der Waals surface area contributed by atoms with Gasteiger partial charge >= 0.3 is 12.1 Å². The van der Waals surface area contributed by atoms with Gasteiger partial charge in [-0.05, 0) is 19.1 Å². The standard InChI is InChI=1S/C15H11ClF3NO3/c1-8(14(21)22)10-4-2-3-5-12(10)23-13-11(16)6-9(7-20-13)15(17,18)19/h2-8H,1H3,(H,21,22). The predicted molar refractivity (Wildman–Crippen MR) is 76.8 cm³/mol. The van der Waals surface area contributed by atoms with Gasteiger partial charge in [-0.25, -0.2) is 4.98 Å². The molecule has 0 aliphatic rings. The molecule has 1 heterocycles. The van der Waals surface area contributed by atoms with E-state index in [1.54, 1.807) is 18.2 Å². The Morgan fingerprint density at radius 2 is 2.00 bits per heavy atom. The number of carboxylic acids is 1. The van der Waals surface area contributed by atoms with Crippen molar-refractivity contribution in [1.82, 2.24) is 4.98 Å². The molecule has 1 unspecified atom stereocenters. The van der Waals surface area contributed by atoms with Crippen molar-refractivity contribution in [3.63, 3.8) is 0 Å². The fourth-order valence-corrected chi connectivity index (χ4v) is 2.03. The summed E-state index contributed by atoms with van der Waals surface area (Å²) in [5, 5.41) is 8.76. The Labute approximate surface area is 134 Å². The summed E-state index contributed by atoms with van der Waals surface area (Å²) in [6.07, 6.45) is -3.96. The zero-order chi connectivity index (χ0) is 17.2. The van der Waals surface area contributed by atoms with Crippen molar-refractivity contribution in [2.75, 3.05) is 0 Å². The second-order valence-electron chi connectivity index (χ2n) is 4.71. The van der Waals surface area contributed by atoms with Gasteiger partial charge in [0.25, 0.3) is 0 Å². The number of alkyl halides is 3. The first-order valence-corrected chi connectivity index (χ1v) is 6.80. The first-order valence-electron chi connectivity index (χ1n) is 6.42. The summed E-state index contributed by atoms with van der Waals surface area (Å²) in [6.45, 7) is 1.46. The minimum absolute atomic E-state index is 0.163. The SMILES string of the molecule is CC(C(=O)O)c1ccccc1Oc1ncc(C(F)(F)F)cc1Cl. The highest BCUT2D eigenvalue weighted by Crippen LogP contribution is 2.36. The Morgan fingerprint density at radius 1 is 1.35 bits per heavy atom. The number of hydrogen-bond acceptors (Lipinski definition) is 3. The highest BCUT2D eigenvalue weighted by molar-refractivity contribution is 6.31. The van der Waals surface area contributed by atoms with Crippen LogP contribution in [0, 0.1) is 0 Å². The molecule has 1 aromatic carbocycles. The molecular weight excluding hydrogens is 335 g/mol. The summed E-state index contributed by atoms with van der Waals surface area (Å²) < 4.78 is 43.1. The van der Waals surface area contributed by atoms with E-state index in [9.17, 15) is 18.0 Å². The minimum Gasteiger partial charge on any atom is -0.481 e. The summed E-state index contributed by atoms with van der Waals surface area (Å²) in [6, 6.07) is 6.97. The zero-order valence-corrected chi connectivity index (χ0v) is 12.5. The van der Waals surface area contributed by atoms with E-state index < -0.39 is 23.6 Å². The highest BCUT2D eigenvalue weighted by Gasteiger charge is 2.32. The van der Waals surface area contributed by atoms with Crippen LogP contribution in [0.4, 0.5) is 13.2 Å². The molecule has 23 heavy (non-hydrogen) atoms. The van der Waals surface area contributed by atoms with Crippen molar-refractivity contribution in [3.8, 4) is 11.6 Å². The molecule has 1 atom stereocenters. The smallest absolute Gasteiger partial charge is 0.417 e. The van der Waals surface area contributed by atoms with Gasteiger partial charge in [-0.1, -0.05) is 29.8 Å². The maximum atomic E-state index is 12.6. The van der Waals surface area contributed by atoms with Crippen LogP contribution in [-0.4, -0.2) is 16.1 Å². The largest absolute Gasteiger partial charge is 0.481 e. The number of ether oxygens (including phenoxy) is 1. The van der Waals surface area contributed by atoms with E-state index in [4.69, 9.17) is 21.4 Å². The van der Waals surface area contributed by atoms with Crippen molar-refractivity contribution < 1.29 is 27.8 Å². The number of para-hydroxylation sites is 1. The number of carboxylic acid groups (broad SMARTS) is 1. The van der Waals surface area contributed by atoms with E-state index in [0.29, 0.717) is 17.8 Å². The van der Waals surface area contributed by atoms with Crippen LogP contribution in [0.15, 0.2) is 36.5 Å². The average Bonchev–Trinajstić information content (AvgIpc) is 2.48. The second kappa shape index (κ2) is 6.45. The average molecular weight is 346 g/mol. The van der Waals surface area contributed by atoms with Crippen LogP contribution >= 0.6 is 11.6 Å². The molecule has 0 radical (unpaired) electrons. The Morgan fingerprint density at radius 3 is 2.57 bits per heavy atom. The van der Waals surface area contributed by atoms with Gasteiger partial charge in [0.2, 0.25) is 5.88 Å². The monoisotopic (exact) mass is 345 g/mol. The van der Waals surface area contributed by atoms with Gasteiger partial charge in [-0.15, -0.1) is 0 Å². The number of benzene rings is 1. The maximum absolute atomic E-state index is 12.6. The summed E-state index contributed by atoms with van der Waals surface area (Å²) in [5.41, 5.74) is -0.639. The van der Waals surface area contributed by atoms with Crippen LogP contribution in [0.1, 0.15) is 24.0 Å². The van der Waals surface area contributed by atoms with E-state index >= 15 is 0 Å². The third-order valence-corrected chi connectivity index (χ3v) is 3.37. The van der Waals surface area contributed by atoms with Crippen LogP contribution in [0.2, 0.25) is 5.02 Å². The number of nitrogens with zero attached hydrogens (tertiary/aromatic N) is 1. The predicted octanol–water partition coefficient (Wildman–Crippen LogP) is 4.73. The fourth-order valence-electron chi connectivity index (χ4n) is 1.82. The van der Waals surface area contributed by atoms with Crippen LogP contribution in [-0.2, 0) is 11.0 Å². The lowest BCUT2D eigenvalue weighted by Gasteiger charge is -2.14. The number of aliphatic carboxylic acids is 1. The van der Waals surface area contributed by atoms with E-state index in [0.717, 1.165) is 0 Å². The number of carbonyl (C=O) groups is 1. The zero-order valence-electron chi connectivity index (χ0n) is 11.8. The Balaban J connectivity index is 2.35. The number of halogens is 4. The molecule has 0 fully saturated rings. The topological polar surface area (TPSA) is 59.4 Å². The molecule has 0 aliphatic carbocycles. The van der Waals surface area contributed by atoms with Crippen LogP contribution in [0.3, 0.4) is 0 Å². The molecule has 0 bridgehead atoms. The molecule has 0 aliphatic heterocycles. The highest BCUT2D eigenvalue weighted by atomic mass is 35.5. The molecule has 0 saturated heterocycles. The van der Waals surface area contributed by atoms with Crippen molar-refractivity contribution in [3.05, 3.63) is 52.7 Å². The molecule has 8 heteroatoms. The number of pyridine rings is 1. The molecule has 1 aromatic heterocycles. The van der Waals surface area contributed by atoms with Crippen LogP contribution < -0.4 is 4.74 Å². The third-order valence-electron chi connectivity index (χ3n) is 3.10. The third kappa shape index (κ3) is 3.92.